The number of carbonyl (C=O) groups excluding carboxylic acids is 2. The maximum absolute atomic E-state index is 13.4. The van der Waals surface area contributed by atoms with E-state index in [0.717, 1.165) is 10.4 Å². The third-order valence-electron chi connectivity index (χ3n) is 5.49. The van der Waals surface area contributed by atoms with E-state index in [-0.39, 0.29) is 11.7 Å². The first-order chi connectivity index (χ1) is 17.4. The molecule has 0 spiro atoms. The van der Waals surface area contributed by atoms with E-state index in [1.807, 2.05) is 36.6 Å². The summed E-state index contributed by atoms with van der Waals surface area (Å²) in [6.45, 7) is 1.96. The lowest BCUT2D eigenvalue weighted by molar-refractivity contribution is -0.118. The van der Waals surface area contributed by atoms with Gasteiger partial charge in [0.25, 0.3) is 11.8 Å². The minimum atomic E-state index is -0.451. The molecule has 3 aromatic rings. The molecule has 190 valence electrons. The van der Waals surface area contributed by atoms with Crippen molar-refractivity contribution in [2.24, 2.45) is 0 Å². The molecule has 0 fully saturated rings. The van der Waals surface area contributed by atoms with Crippen molar-refractivity contribution in [3.05, 3.63) is 75.6 Å². The molecule has 1 aromatic heterocycles. The van der Waals surface area contributed by atoms with Crippen molar-refractivity contribution in [1.82, 2.24) is 10.6 Å². The smallest absolute Gasteiger partial charge is 0.268 e. The predicted molar refractivity (Wildman–Crippen MR) is 140 cm³/mol. The van der Waals surface area contributed by atoms with Crippen molar-refractivity contribution in [3.8, 4) is 23.0 Å². The number of benzene rings is 2. The number of amides is 2. The van der Waals surface area contributed by atoms with Crippen LogP contribution in [0.15, 0.2) is 59.6 Å². The van der Waals surface area contributed by atoms with Crippen LogP contribution < -0.4 is 29.6 Å². The van der Waals surface area contributed by atoms with Crippen LogP contribution in [0.2, 0.25) is 0 Å². The minimum Gasteiger partial charge on any atom is -0.493 e. The lowest BCUT2D eigenvalue weighted by Crippen LogP contribution is -2.36. The molecule has 0 saturated heterocycles. The van der Waals surface area contributed by atoms with Gasteiger partial charge in [-0.05, 0) is 59.8 Å². The molecule has 0 radical (unpaired) electrons. The molecule has 1 heterocycles. The van der Waals surface area contributed by atoms with Gasteiger partial charge in [-0.2, -0.15) is 0 Å². The molecule has 0 unspecified atom stereocenters. The first kappa shape index (κ1) is 26.6. The van der Waals surface area contributed by atoms with Crippen LogP contribution >= 0.6 is 11.3 Å². The Bertz CT molecular complexity index is 1220. The van der Waals surface area contributed by atoms with Crippen LogP contribution in [0.1, 0.15) is 40.2 Å². The van der Waals surface area contributed by atoms with Crippen LogP contribution in [0.25, 0.3) is 6.08 Å². The standard InChI is InChI=1S/C27H30N2O6S/c1-6-20(17-9-11-22(32-2)24(14-17)34-4)28-27(31)21(16-19-8-7-13-36-19)29-26(30)18-10-12-23(33-3)25(15-18)35-5/h7-16,20H,6H2,1-5H3,(H,28,31)(H,29,30)/b21-16-/t20-/m1/s1. The van der Waals surface area contributed by atoms with Gasteiger partial charge in [-0.15, -0.1) is 11.3 Å². The van der Waals surface area contributed by atoms with E-state index in [9.17, 15) is 9.59 Å². The molecule has 3 rings (SSSR count). The topological polar surface area (TPSA) is 95.1 Å². The van der Waals surface area contributed by atoms with Gasteiger partial charge in [0.15, 0.2) is 23.0 Å². The summed E-state index contributed by atoms with van der Waals surface area (Å²) in [6.07, 6.45) is 2.27. The monoisotopic (exact) mass is 510 g/mol. The largest absolute Gasteiger partial charge is 0.493 e. The normalized spacial score (nSPS) is 11.9. The third kappa shape index (κ3) is 6.37. The van der Waals surface area contributed by atoms with Crippen molar-refractivity contribution >= 4 is 29.2 Å². The Kier molecular flexibility index (Phi) is 9.35. The summed E-state index contributed by atoms with van der Waals surface area (Å²) in [4.78, 5) is 27.3. The zero-order chi connectivity index (χ0) is 26.1. The molecule has 2 N–H and O–H groups in total. The van der Waals surface area contributed by atoms with Crippen molar-refractivity contribution in [2.75, 3.05) is 28.4 Å². The van der Waals surface area contributed by atoms with Gasteiger partial charge >= 0.3 is 0 Å². The minimum absolute atomic E-state index is 0.121. The van der Waals surface area contributed by atoms with Gasteiger partial charge in [0.05, 0.1) is 34.5 Å². The summed E-state index contributed by atoms with van der Waals surface area (Å²) >= 11 is 1.46. The zero-order valence-corrected chi connectivity index (χ0v) is 21.7. The van der Waals surface area contributed by atoms with Crippen LogP contribution in [-0.2, 0) is 4.79 Å². The number of carbonyl (C=O) groups is 2. The van der Waals surface area contributed by atoms with Gasteiger partial charge in [-0.25, -0.2) is 0 Å². The van der Waals surface area contributed by atoms with E-state index < -0.39 is 11.8 Å². The number of ether oxygens (including phenoxy) is 4. The van der Waals surface area contributed by atoms with E-state index >= 15 is 0 Å². The zero-order valence-electron chi connectivity index (χ0n) is 20.9. The van der Waals surface area contributed by atoms with Crippen molar-refractivity contribution in [1.29, 1.82) is 0 Å². The Morgan fingerprint density at radius 3 is 2.11 bits per heavy atom. The molecular weight excluding hydrogens is 480 g/mol. The molecule has 0 saturated carbocycles. The van der Waals surface area contributed by atoms with E-state index in [0.29, 0.717) is 35.0 Å². The third-order valence-corrected chi connectivity index (χ3v) is 6.31. The fourth-order valence-corrected chi connectivity index (χ4v) is 4.23. The van der Waals surface area contributed by atoms with E-state index in [4.69, 9.17) is 18.9 Å². The van der Waals surface area contributed by atoms with Gasteiger partial charge in [-0.1, -0.05) is 19.1 Å². The number of thiophene rings is 1. The van der Waals surface area contributed by atoms with Crippen LogP contribution in [0, 0.1) is 0 Å². The van der Waals surface area contributed by atoms with Gasteiger partial charge in [0, 0.05) is 10.4 Å². The molecule has 0 bridgehead atoms. The quantitative estimate of drug-likeness (QED) is 0.359. The fraction of sp³-hybridized carbons (Fsp3) is 0.259. The molecule has 8 nitrogen and oxygen atoms in total. The summed E-state index contributed by atoms with van der Waals surface area (Å²) < 4.78 is 21.3. The molecule has 0 aliphatic carbocycles. The average Bonchev–Trinajstić information content (AvgIpc) is 3.43. The summed E-state index contributed by atoms with van der Waals surface area (Å²) in [5, 5.41) is 7.68. The summed E-state index contributed by atoms with van der Waals surface area (Å²) in [5.74, 6) is 1.22. The Morgan fingerprint density at radius 1 is 0.889 bits per heavy atom. The summed E-state index contributed by atoms with van der Waals surface area (Å²) in [7, 11) is 6.15. The van der Waals surface area contributed by atoms with Gasteiger partial charge in [-0.3, -0.25) is 9.59 Å². The number of methoxy groups -OCH3 is 4. The summed E-state index contributed by atoms with van der Waals surface area (Å²) in [5.41, 5.74) is 1.30. The highest BCUT2D eigenvalue weighted by molar-refractivity contribution is 7.10. The average molecular weight is 511 g/mol. The number of hydrogen-bond acceptors (Lipinski definition) is 7. The molecule has 1 atom stereocenters. The second-order valence-corrected chi connectivity index (χ2v) is 8.63. The van der Waals surface area contributed by atoms with Crippen LogP contribution in [0.3, 0.4) is 0 Å². The lowest BCUT2D eigenvalue weighted by atomic mass is 10.0. The fourth-order valence-electron chi connectivity index (χ4n) is 3.57. The second kappa shape index (κ2) is 12.6. The van der Waals surface area contributed by atoms with Gasteiger partial charge < -0.3 is 29.6 Å². The van der Waals surface area contributed by atoms with Gasteiger partial charge in [0.2, 0.25) is 0 Å². The maximum Gasteiger partial charge on any atom is 0.268 e. The Balaban J connectivity index is 1.87. The highest BCUT2D eigenvalue weighted by Crippen LogP contribution is 2.31. The summed E-state index contributed by atoms with van der Waals surface area (Å²) in [6, 6.07) is 13.7. The van der Waals surface area contributed by atoms with Gasteiger partial charge in [0.1, 0.15) is 5.70 Å². The van der Waals surface area contributed by atoms with E-state index in [1.165, 1.54) is 25.6 Å². The molecule has 2 amide bonds. The van der Waals surface area contributed by atoms with Crippen molar-refractivity contribution < 1.29 is 28.5 Å². The Morgan fingerprint density at radius 2 is 1.53 bits per heavy atom. The van der Waals surface area contributed by atoms with Crippen LogP contribution in [-0.4, -0.2) is 40.3 Å². The molecule has 0 aliphatic heterocycles. The Hall–Kier alpha value is -3.98. The lowest BCUT2D eigenvalue weighted by Gasteiger charge is -2.20. The molecule has 0 aliphatic rings. The van der Waals surface area contributed by atoms with E-state index in [1.54, 1.807) is 44.6 Å². The molecule has 2 aromatic carbocycles. The Labute approximate surface area is 214 Å². The number of nitrogens with one attached hydrogen (secondary N) is 2. The molecule has 36 heavy (non-hydrogen) atoms. The SMILES string of the molecule is CC[C@@H](NC(=O)/C(=C/c1cccs1)NC(=O)c1ccc(OC)c(OC)c1)c1ccc(OC)c(OC)c1. The maximum atomic E-state index is 13.4. The number of rotatable bonds is 11. The highest BCUT2D eigenvalue weighted by Gasteiger charge is 2.21. The number of hydrogen-bond donors (Lipinski definition) is 2. The first-order valence-electron chi connectivity index (χ1n) is 11.2. The highest BCUT2D eigenvalue weighted by atomic mass is 32.1. The van der Waals surface area contributed by atoms with Crippen molar-refractivity contribution in [2.45, 2.75) is 19.4 Å². The van der Waals surface area contributed by atoms with E-state index in [2.05, 4.69) is 10.6 Å². The predicted octanol–water partition coefficient (Wildman–Crippen LogP) is 4.82. The second-order valence-electron chi connectivity index (χ2n) is 7.65. The molecular formula is C27H30N2O6S. The first-order valence-corrected chi connectivity index (χ1v) is 12.1. The van der Waals surface area contributed by atoms with Crippen molar-refractivity contribution in [3.63, 3.8) is 0 Å². The van der Waals surface area contributed by atoms with Crippen LogP contribution in [0.4, 0.5) is 0 Å². The van der Waals surface area contributed by atoms with Crippen LogP contribution in [0.5, 0.6) is 23.0 Å². The molecule has 9 heteroatoms.